The van der Waals surface area contributed by atoms with Gasteiger partial charge in [0.25, 0.3) is 0 Å². The summed E-state index contributed by atoms with van der Waals surface area (Å²) in [5.41, 5.74) is 10.4. The fraction of sp³-hybridized carbons (Fsp3) is 0.294. The first kappa shape index (κ1) is 13.3. The van der Waals surface area contributed by atoms with Crippen molar-refractivity contribution < 1.29 is 0 Å². The monoisotopic (exact) mass is 293 g/mol. The fourth-order valence-corrected chi connectivity index (χ4v) is 3.15. The van der Waals surface area contributed by atoms with Crippen LogP contribution in [-0.2, 0) is 6.54 Å². The van der Waals surface area contributed by atoms with Gasteiger partial charge in [-0.05, 0) is 37.1 Å². The number of nitrogen functional groups attached to an aromatic ring is 1. The second-order valence-corrected chi connectivity index (χ2v) is 5.86. The standard InChI is InChI=1S/C17H19N5/c18-17-20-9-15(16-10-19-12-22(16)17)14-5-3-13(4-6-14)11-21-7-1-2-8-21/h3-6,9-10,12H,1-2,7-8,11H2,(H2,18,20). The summed E-state index contributed by atoms with van der Waals surface area (Å²) in [6, 6.07) is 8.73. The van der Waals surface area contributed by atoms with Gasteiger partial charge in [0.1, 0.15) is 6.33 Å². The van der Waals surface area contributed by atoms with Crippen molar-refractivity contribution in [2.24, 2.45) is 0 Å². The number of nitrogens with two attached hydrogens (primary N) is 1. The summed E-state index contributed by atoms with van der Waals surface area (Å²) < 4.78 is 1.81. The number of rotatable bonds is 3. The molecule has 0 unspecified atom stereocenters. The summed E-state index contributed by atoms with van der Waals surface area (Å²) in [6.45, 7) is 3.49. The van der Waals surface area contributed by atoms with E-state index in [9.17, 15) is 0 Å². The minimum atomic E-state index is 0.460. The number of imidazole rings is 1. The molecule has 1 saturated heterocycles. The maximum absolute atomic E-state index is 5.87. The normalized spacial score (nSPS) is 15.6. The van der Waals surface area contributed by atoms with Gasteiger partial charge in [0.05, 0.1) is 11.7 Å². The predicted octanol–water partition coefficient (Wildman–Crippen LogP) is 2.57. The molecule has 5 heteroatoms. The molecule has 0 aliphatic carbocycles. The molecule has 3 aromatic rings. The van der Waals surface area contributed by atoms with E-state index in [1.165, 1.54) is 31.5 Å². The van der Waals surface area contributed by atoms with Crippen LogP contribution in [0.25, 0.3) is 16.6 Å². The summed E-state index contributed by atoms with van der Waals surface area (Å²) in [6.07, 6.45) is 8.00. The molecule has 1 fully saturated rings. The highest BCUT2D eigenvalue weighted by atomic mass is 15.1. The molecule has 0 spiro atoms. The Hall–Kier alpha value is -2.40. The van der Waals surface area contributed by atoms with E-state index >= 15 is 0 Å². The average molecular weight is 293 g/mol. The quantitative estimate of drug-likeness (QED) is 0.806. The molecule has 4 rings (SSSR count). The van der Waals surface area contributed by atoms with E-state index in [0.29, 0.717) is 5.95 Å². The first-order chi connectivity index (χ1) is 10.8. The van der Waals surface area contributed by atoms with Gasteiger partial charge < -0.3 is 5.73 Å². The molecule has 2 aromatic heterocycles. The average Bonchev–Trinajstić information content (AvgIpc) is 3.20. The molecule has 0 bridgehead atoms. The number of aromatic nitrogens is 3. The minimum absolute atomic E-state index is 0.460. The van der Waals surface area contributed by atoms with E-state index < -0.39 is 0 Å². The van der Waals surface area contributed by atoms with Crippen LogP contribution < -0.4 is 5.73 Å². The van der Waals surface area contributed by atoms with Crippen molar-refractivity contribution in [3.05, 3.63) is 48.5 Å². The van der Waals surface area contributed by atoms with Crippen molar-refractivity contribution in [2.45, 2.75) is 19.4 Å². The summed E-state index contributed by atoms with van der Waals surface area (Å²) in [4.78, 5) is 10.9. The second-order valence-electron chi connectivity index (χ2n) is 5.86. The molecule has 1 aliphatic rings. The van der Waals surface area contributed by atoms with E-state index in [4.69, 9.17) is 5.73 Å². The van der Waals surface area contributed by atoms with E-state index in [1.807, 2.05) is 16.8 Å². The molecule has 112 valence electrons. The number of hydrogen-bond donors (Lipinski definition) is 1. The zero-order valence-corrected chi connectivity index (χ0v) is 12.4. The van der Waals surface area contributed by atoms with Crippen molar-refractivity contribution in [1.82, 2.24) is 19.3 Å². The van der Waals surface area contributed by atoms with Gasteiger partial charge in [-0.2, -0.15) is 0 Å². The maximum Gasteiger partial charge on any atom is 0.206 e. The van der Waals surface area contributed by atoms with Crippen molar-refractivity contribution in [3.63, 3.8) is 0 Å². The lowest BCUT2D eigenvalue weighted by Gasteiger charge is -2.14. The first-order valence-electron chi connectivity index (χ1n) is 7.69. The summed E-state index contributed by atoms with van der Waals surface area (Å²) in [5, 5.41) is 0. The third-order valence-electron chi connectivity index (χ3n) is 4.36. The van der Waals surface area contributed by atoms with Crippen LogP contribution in [0.1, 0.15) is 18.4 Å². The highest BCUT2D eigenvalue weighted by Gasteiger charge is 2.12. The van der Waals surface area contributed by atoms with Crippen LogP contribution in [0.15, 0.2) is 43.0 Å². The van der Waals surface area contributed by atoms with Crippen LogP contribution in [0.5, 0.6) is 0 Å². The van der Waals surface area contributed by atoms with Crippen LogP contribution in [0.4, 0.5) is 5.95 Å². The third-order valence-corrected chi connectivity index (χ3v) is 4.36. The SMILES string of the molecule is Nc1ncc(-c2ccc(CN3CCCC3)cc2)c2cncn12. The molecule has 1 aromatic carbocycles. The molecule has 2 N–H and O–H groups in total. The summed E-state index contributed by atoms with van der Waals surface area (Å²) in [7, 11) is 0. The van der Waals surface area contributed by atoms with Crippen LogP contribution >= 0.6 is 0 Å². The molecule has 22 heavy (non-hydrogen) atoms. The Bertz CT molecular complexity index is 784. The van der Waals surface area contributed by atoms with Crippen molar-refractivity contribution in [2.75, 3.05) is 18.8 Å². The van der Waals surface area contributed by atoms with E-state index in [0.717, 1.165) is 23.2 Å². The Balaban J connectivity index is 1.64. The first-order valence-corrected chi connectivity index (χ1v) is 7.69. The van der Waals surface area contributed by atoms with Gasteiger partial charge in [-0.1, -0.05) is 24.3 Å². The third kappa shape index (κ3) is 2.33. The second kappa shape index (κ2) is 5.42. The molecular formula is C17H19N5. The van der Waals surface area contributed by atoms with Crippen molar-refractivity contribution in [1.29, 1.82) is 0 Å². The zero-order valence-electron chi connectivity index (χ0n) is 12.4. The van der Waals surface area contributed by atoms with Gasteiger partial charge in [-0.25, -0.2) is 9.97 Å². The summed E-state index contributed by atoms with van der Waals surface area (Å²) in [5.74, 6) is 0.460. The Morgan fingerprint density at radius 2 is 1.82 bits per heavy atom. The molecular weight excluding hydrogens is 274 g/mol. The van der Waals surface area contributed by atoms with Gasteiger partial charge in [0.15, 0.2) is 0 Å². The van der Waals surface area contributed by atoms with E-state index in [1.54, 1.807) is 6.33 Å². The topological polar surface area (TPSA) is 59.5 Å². The van der Waals surface area contributed by atoms with E-state index in [2.05, 4.69) is 39.1 Å². The minimum Gasteiger partial charge on any atom is -0.369 e. The number of anilines is 1. The van der Waals surface area contributed by atoms with Crippen LogP contribution in [0.2, 0.25) is 0 Å². The number of benzene rings is 1. The van der Waals surface area contributed by atoms with Crippen LogP contribution in [0.3, 0.4) is 0 Å². The predicted molar refractivity (Wildman–Crippen MR) is 87.3 cm³/mol. The van der Waals surface area contributed by atoms with Gasteiger partial charge in [-0.3, -0.25) is 9.30 Å². The Kier molecular flexibility index (Phi) is 3.27. The Labute approximate surface area is 129 Å². The van der Waals surface area contributed by atoms with Gasteiger partial charge >= 0.3 is 0 Å². The molecule has 0 amide bonds. The molecule has 0 atom stereocenters. The largest absolute Gasteiger partial charge is 0.369 e. The van der Waals surface area contributed by atoms with E-state index in [-0.39, 0.29) is 0 Å². The number of likely N-dealkylation sites (tertiary alicyclic amines) is 1. The molecule has 0 radical (unpaired) electrons. The van der Waals surface area contributed by atoms with Crippen molar-refractivity contribution >= 4 is 11.5 Å². The van der Waals surface area contributed by atoms with Crippen LogP contribution in [0, 0.1) is 0 Å². The lowest BCUT2D eigenvalue weighted by Crippen LogP contribution is -2.18. The molecule has 5 nitrogen and oxygen atoms in total. The van der Waals surface area contributed by atoms with Crippen LogP contribution in [-0.4, -0.2) is 32.4 Å². The highest BCUT2D eigenvalue weighted by molar-refractivity contribution is 5.80. The lowest BCUT2D eigenvalue weighted by molar-refractivity contribution is 0.331. The Morgan fingerprint density at radius 3 is 2.59 bits per heavy atom. The molecule has 3 heterocycles. The summed E-state index contributed by atoms with van der Waals surface area (Å²) >= 11 is 0. The maximum atomic E-state index is 5.87. The molecule has 0 saturated carbocycles. The Morgan fingerprint density at radius 1 is 1.05 bits per heavy atom. The number of nitrogens with zero attached hydrogens (tertiary/aromatic N) is 4. The number of hydrogen-bond acceptors (Lipinski definition) is 4. The van der Waals surface area contributed by atoms with Gasteiger partial charge in [0, 0.05) is 18.3 Å². The molecule has 1 aliphatic heterocycles. The van der Waals surface area contributed by atoms with Crippen molar-refractivity contribution in [3.8, 4) is 11.1 Å². The van der Waals surface area contributed by atoms with Gasteiger partial charge in [-0.15, -0.1) is 0 Å². The lowest BCUT2D eigenvalue weighted by atomic mass is 10.1. The zero-order chi connectivity index (χ0) is 14.9. The fourth-order valence-electron chi connectivity index (χ4n) is 3.15. The highest BCUT2D eigenvalue weighted by Crippen LogP contribution is 2.25. The van der Waals surface area contributed by atoms with Gasteiger partial charge in [0.2, 0.25) is 5.95 Å². The number of fused-ring (bicyclic) bond motifs is 1. The smallest absolute Gasteiger partial charge is 0.206 e.